The van der Waals surface area contributed by atoms with E-state index >= 15 is 0 Å². The van der Waals surface area contributed by atoms with Crippen LogP contribution < -0.4 is 4.72 Å². The van der Waals surface area contributed by atoms with Gasteiger partial charge in [-0.2, -0.15) is 16.8 Å². The van der Waals surface area contributed by atoms with Crippen LogP contribution in [0.3, 0.4) is 0 Å². The van der Waals surface area contributed by atoms with Crippen LogP contribution in [0.5, 0.6) is 0 Å². The van der Waals surface area contributed by atoms with Crippen molar-refractivity contribution >= 4 is 31.0 Å². The second kappa shape index (κ2) is 5.28. The fraction of sp³-hybridized carbons (Fsp3) is 0. The van der Waals surface area contributed by atoms with E-state index in [4.69, 9.17) is 0 Å². The lowest BCUT2D eigenvalue weighted by Gasteiger charge is -2.06. The number of benzene rings is 2. The van der Waals surface area contributed by atoms with Gasteiger partial charge in [0.25, 0.3) is 15.1 Å². The molecule has 118 valence electrons. The van der Waals surface area contributed by atoms with Crippen molar-refractivity contribution in [2.24, 2.45) is 4.40 Å². The largest absolute Gasteiger partial charge is 0.301 e. The van der Waals surface area contributed by atoms with Gasteiger partial charge in [0.2, 0.25) is 0 Å². The lowest BCUT2D eigenvalue weighted by molar-refractivity contribution is 0.107. The van der Waals surface area contributed by atoms with Crippen molar-refractivity contribution < 1.29 is 21.6 Å². The van der Waals surface area contributed by atoms with Gasteiger partial charge in [-0.05, 0) is 12.1 Å². The van der Waals surface area contributed by atoms with E-state index in [-0.39, 0.29) is 21.9 Å². The monoisotopic (exact) mass is 350 g/mol. The number of sulfonamides is 2. The highest BCUT2D eigenvalue weighted by atomic mass is 32.2. The minimum atomic E-state index is -4.47. The summed E-state index contributed by atoms with van der Waals surface area (Å²) in [7, 11) is -8.44. The molecule has 0 aromatic heterocycles. The Kier molecular flexibility index (Phi) is 3.53. The molecule has 0 spiro atoms. The summed E-state index contributed by atoms with van der Waals surface area (Å²) in [4.78, 5) is 12.0. The third kappa shape index (κ3) is 2.76. The minimum absolute atomic E-state index is 0.0326. The molecule has 9 heteroatoms. The van der Waals surface area contributed by atoms with Crippen LogP contribution in [0.1, 0.15) is 15.9 Å². The molecule has 0 saturated carbocycles. The number of fused-ring (bicyclic) bond motifs is 1. The summed E-state index contributed by atoms with van der Waals surface area (Å²) < 4.78 is 53.5. The predicted molar refractivity (Wildman–Crippen MR) is 83.0 cm³/mol. The first-order valence-corrected chi connectivity index (χ1v) is 9.30. The first-order valence-electron chi connectivity index (χ1n) is 6.38. The predicted octanol–water partition coefficient (Wildman–Crippen LogP) is 0.895. The maximum absolute atomic E-state index is 12.2. The van der Waals surface area contributed by atoms with Crippen molar-refractivity contribution in [2.45, 2.75) is 4.90 Å². The Labute approximate surface area is 132 Å². The lowest BCUT2D eigenvalue weighted by Crippen LogP contribution is -2.35. The fourth-order valence-corrected chi connectivity index (χ4v) is 4.27. The van der Waals surface area contributed by atoms with Crippen LogP contribution >= 0.6 is 0 Å². The second-order valence-electron chi connectivity index (χ2n) is 4.67. The Morgan fingerprint density at radius 2 is 1.57 bits per heavy atom. The van der Waals surface area contributed by atoms with Gasteiger partial charge in [0.15, 0.2) is 5.84 Å². The molecule has 0 radical (unpaired) electrons. The summed E-state index contributed by atoms with van der Waals surface area (Å²) in [6.07, 6.45) is 0. The summed E-state index contributed by atoms with van der Waals surface area (Å²) in [6, 6.07) is 13.2. The number of nitrogens with one attached hydrogen (secondary N) is 1. The van der Waals surface area contributed by atoms with Crippen LogP contribution in [0.2, 0.25) is 0 Å². The standard InChI is InChI=1S/C14H10N2O5S2/c17-14(10-6-2-1-3-7-10)23(20,21)16-13-11-8-4-5-9-12(11)22(18,19)15-13/h1-9H,(H,15,16). The van der Waals surface area contributed by atoms with Crippen molar-refractivity contribution in [1.29, 1.82) is 0 Å². The topological polar surface area (TPSA) is 110 Å². The number of carbonyl (C=O) groups excluding carboxylic acids is 1. The molecule has 0 atom stereocenters. The van der Waals surface area contributed by atoms with Crippen molar-refractivity contribution in [1.82, 2.24) is 4.72 Å². The number of hydrogen-bond donors (Lipinski definition) is 1. The quantitative estimate of drug-likeness (QED) is 0.821. The summed E-state index contributed by atoms with van der Waals surface area (Å²) in [6.45, 7) is 0. The van der Waals surface area contributed by atoms with Gasteiger partial charge in [0.1, 0.15) is 4.90 Å². The molecular weight excluding hydrogens is 340 g/mol. The molecule has 0 fully saturated rings. The Hall–Kier alpha value is -2.52. The van der Waals surface area contributed by atoms with Crippen LogP contribution in [-0.4, -0.2) is 27.8 Å². The third-order valence-corrected chi connectivity index (χ3v) is 5.64. The molecule has 2 aromatic rings. The molecule has 2 aromatic carbocycles. The van der Waals surface area contributed by atoms with Gasteiger partial charge in [0, 0.05) is 11.1 Å². The summed E-state index contributed by atoms with van der Waals surface area (Å²) in [5.74, 6) is -0.384. The normalized spacial score (nSPS) is 15.6. The smallest absolute Gasteiger partial charge is 0.274 e. The number of nitrogens with zero attached hydrogens (tertiary/aromatic N) is 1. The van der Waals surface area contributed by atoms with E-state index in [0.29, 0.717) is 0 Å². The number of amidine groups is 1. The van der Waals surface area contributed by atoms with Gasteiger partial charge < -0.3 is 0 Å². The van der Waals surface area contributed by atoms with Gasteiger partial charge in [-0.1, -0.05) is 42.5 Å². The molecule has 3 rings (SSSR count). The Morgan fingerprint density at radius 1 is 0.957 bits per heavy atom. The average molecular weight is 350 g/mol. The maximum atomic E-state index is 12.2. The van der Waals surface area contributed by atoms with E-state index in [1.807, 2.05) is 4.72 Å². The number of hydrogen-bond acceptors (Lipinski definition) is 5. The molecule has 23 heavy (non-hydrogen) atoms. The van der Waals surface area contributed by atoms with Crippen LogP contribution in [0, 0.1) is 0 Å². The molecule has 0 saturated heterocycles. The SMILES string of the molecule is O=C(c1ccccc1)S(=O)(=O)NC1=NS(=O)(=O)c2ccccc21. The van der Waals surface area contributed by atoms with E-state index < -0.39 is 25.2 Å². The Balaban J connectivity index is 1.98. The van der Waals surface area contributed by atoms with Crippen molar-refractivity contribution in [3.63, 3.8) is 0 Å². The van der Waals surface area contributed by atoms with Crippen LogP contribution in [0.25, 0.3) is 0 Å². The minimum Gasteiger partial charge on any atom is -0.274 e. The first-order chi connectivity index (χ1) is 10.8. The van der Waals surface area contributed by atoms with E-state index in [1.54, 1.807) is 12.1 Å². The van der Waals surface area contributed by atoms with E-state index in [9.17, 15) is 21.6 Å². The average Bonchev–Trinajstić information content (AvgIpc) is 2.78. The maximum Gasteiger partial charge on any atom is 0.301 e. The fourth-order valence-electron chi connectivity index (χ4n) is 2.08. The van der Waals surface area contributed by atoms with E-state index in [2.05, 4.69) is 4.40 Å². The molecule has 0 amide bonds. The van der Waals surface area contributed by atoms with E-state index in [1.165, 1.54) is 42.5 Å². The molecular formula is C14H10N2O5S2. The van der Waals surface area contributed by atoms with Crippen molar-refractivity contribution in [3.8, 4) is 0 Å². The van der Waals surface area contributed by atoms with E-state index in [0.717, 1.165) is 0 Å². The molecule has 0 bridgehead atoms. The van der Waals surface area contributed by atoms with Crippen LogP contribution in [0.4, 0.5) is 0 Å². The summed E-state index contributed by atoms with van der Waals surface area (Å²) in [5, 5.41) is -1.16. The Morgan fingerprint density at radius 3 is 2.26 bits per heavy atom. The zero-order valence-electron chi connectivity index (χ0n) is 11.5. The van der Waals surface area contributed by atoms with Crippen molar-refractivity contribution in [2.75, 3.05) is 0 Å². The molecule has 1 N–H and O–H groups in total. The first kappa shape index (κ1) is 15.4. The zero-order chi connectivity index (χ0) is 16.7. The highest BCUT2D eigenvalue weighted by molar-refractivity contribution is 8.05. The number of rotatable bonds is 1. The van der Waals surface area contributed by atoms with Crippen LogP contribution in [0.15, 0.2) is 63.9 Å². The molecule has 1 aliphatic heterocycles. The molecule has 0 aliphatic carbocycles. The highest BCUT2D eigenvalue weighted by Crippen LogP contribution is 2.25. The van der Waals surface area contributed by atoms with Gasteiger partial charge in [-0.3, -0.25) is 9.52 Å². The second-order valence-corrected chi connectivity index (χ2v) is 7.82. The number of carbonyl (C=O) groups is 1. The lowest BCUT2D eigenvalue weighted by atomic mass is 10.2. The van der Waals surface area contributed by atoms with Crippen LogP contribution in [-0.2, 0) is 20.0 Å². The van der Waals surface area contributed by atoms with Crippen molar-refractivity contribution in [3.05, 3.63) is 65.7 Å². The molecule has 7 nitrogen and oxygen atoms in total. The zero-order valence-corrected chi connectivity index (χ0v) is 13.1. The summed E-state index contributed by atoms with van der Waals surface area (Å²) in [5.41, 5.74) is 0.0756. The third-order valence-electron chi connectivity index (χ3n) is 3.12. The molecule has 1 heterocycles. The van der Waals surface area contributed by atoms with Gasteiger partial charge in [-0.25, -0.2) is 0 Å². The molecule has 1 aliphatic rings. The van der Waals surface area contributed by atoms with Gasteiger partial charge >= 0.3 is 10.0 Å². The summed E-state index contributed by atoms with van der Waals surface area (Å²) >= 11 is 0. The Bertz CT molecular complexity index is 1030. The molecule has 0 unspecified atom stereocenters. The highest BCUT2D eigenvalue weighted by Gasteiger charge is 2.33. The van der Waals surface area contributed by atoms with Gasteiger partial charge in [-0.15, -0.1) is 4.40 Å². The van der Waals surface area contributed by atoms with Gasteiger partial charge in [0.05, 0.1) is 0 Å².